The Morgan fingerprint density at radius 3 is 2.40 bits per heavy atom. The smallest absolute Gasteiger partial charge is 0.331 e. The van der Waals surface area contributed by atoms with Crippen molar-refractivity contribution in [2.75, 3.05) is 11.9 Å². The number of ether oxygens (including phenoxy) is 1. The number of ketones is 1. The number of Topliss-reactive ketones (excluding diaryl/α,β-unsaturated/α-hetero) is 1. The maximum absolute atomic E-state index is 12.0. The third-order valence-electron chi connectivity index (χ3n) is 3.18. The van der Waals surface area contributed by atoms with Gasteiger partial charge in [0.15, 0.2) is 12.4 Å². The molecule has 0 radical (unpaired) electrons. The Kier molecular flexibility index (Phi) is 6.65. The predicted molar refractivity (Wildman–Crippen MR) is 99.2 cm³/mol. The van der Waals surface area contributed by atoms with E-state index in [1.807, 2.05) is 24.3 Å². The highest BCUT2D eigenvalue weighted by Gasteiger charge is 2.09. The van der Waals surface area contributed by atoms with E-state index < -0.39 is 5.97 Å². The zero-order valence-corrected chi connectivity index (χ0v) is 15.1. The molecule has 6 heteroatoms. The van der Waals surface area contributed by atoms with E-state index in [0.29, 0.717) is 11.3 Å². The van der Waals surface area contributed by atoms with Gasteiger partial charge in [-0.15, -0.1) is 0 Å². The summed E-state index contributed by atoms with van der Waals surface area (Å²) in [6.45, 7) is 1.05. The fraction of sp³-hybridized carbons (Fsp3) is 0.105. The van der Waals surface area contributed by atoms with Gasteiger partial charge in [0.1, 0.15) is 0 Å². The lowest BCUT2D eigenvalue weighted by Crippen LogP contribution is -2.13. The lowest BCUT2D eigenvalue weighted by molar-refractivity contribution is -0.136. The summed E-state index contributed by atoms with van der Waals surface area (Å²) in [5, 5.41) is 2.61. The third kappa shape index (κ3) is 6.00. The normalized spacial score (nSPS) is 10.5. The monoisotopic (exact) mass is 401 g/mol. The van der Waals surface area contributed by atoms with Crippen LogP contribution in [0.5, 0.6) is 0 Å². The SMILES string of the molecule is CC(=O)Nc1ccc(C(=O)COC(=O)/C=C/c2ccccc2Br)cc1. The van der Waals surface area contributed by atoms with Crippen LogP contribution in [0.25, 0.3) is 6.08 Å². The van der Waals surface area contributed by atoms with Crippen LogP contribution in [0, 0.1) is 0 Å². The summed E-state index contributed by atoms with van der Waals surface area (Å²) in [6.07, 6.45) is 2.88. The summed E-state index contributed by atoms with van der Waals surface area (Å²) in [7, 11) is 0. The van der Waals surface area contributed by atoms with Crippen LogP contribution < -0.4 is 5.32 Å². The summed E-state index contributed by atoms with van der Waals surface area (Å²) >= 11 is 3.38. The molecule has 0 saturated heterocycles. The van der Waals surface area contributed by atoms with Crippen molar-refractivity contribution in [3.63, 3.8) is 0 Å². The molecular weight excluding hydrogens is 386 g/mol. The minimum Gasteiger partial charge on any atom is -0.454 e. The van der Waals surface area contributed by atoms with E-state index in [0.717, 1.165) is 10.0 Å². The van der Waals surface area contributed by atoms with Crippen LogP contribution >= 0.6 is 15.9 Å². The third-order valence-corrected chi connectivity index (χ3v) is 3.90. The maximum atomic E-state index is 12.0. The van der Waals surface area contributed by atoms with Crippen LogP contribution in [0.15, 0.2) is 59.1 Å². The molecule has 0 aliphatic rings. The molecule has 25 heavy (non-hydrogen) atoms. The van der Waals surface area contributed by atoms with E-state index in [1.54, 1.807) is 30.3 Å². The number of nitrogens with one attached hydrogen (secondary N) is 1. The maximum Gasteiger partial charge on any atom is 0.331 e. The fourth-order valence-corrected chi connectivity index (χ4v) is 2.40. The van der Waals surface area contributed by atoms with Gasteiger partial charge >= 0.3 is 5.97 Å². The first kappa shape index (κ1) is 18.6. The van der Waals surface area contributed by atoms with Crippen molar-refractivity contribution < 1.29 is 19.1 Å². The highest BCUT2D eigenvalue weighted by atomic mass is 79.9. The Bertz CT molecular complexity index is 812. The minimum absolute atomic E-state index is 0.190. The number of anilines is 1. The summed E-state index contributed by atoms with van der Waals surface area (Å²) in [5.41, 5.74) is 1.83. The highest BCUT2D eigenvalue weighted by molar-refractivity contribution is 9.10. The molecule has 0 aromatic heterocycles. The quantitative estimate of drug-likeness (QED) is 0.453. The molecule has 0 spiro atoms. The number of halogens is 1. The summed E-state index contributed by atoms with van der Waals surface area (Å²) < 4.78 is 5.81. The van der Waals surface area contributed by atoms with Crippen molar-refractivity contribution in [3.05, 3.63) is 70.2 Å². The van der Waals surface area contributed by atoms with Crippen LogP contribution in [-0.4, -0.2) is 24.3 Å². The first-order chi connectivity index (χ1) is 12.0. The Labute approximate surface area is 153 Å². The molecule has 2 aromatic rings. The van der Waals surface area contributed by atoms with E-state index in [1.165, 1.54) is 13.0 Å². The number of benzene rings is 2. The Morgan fingerprint density at radius 2 is 1.76 bits per heavy atom. The van der Waals surface area contributed by atoms with Gasteiger partial charge in [0, 0.05) is 28.7 Å². The van der Waals surface area contributed by atoms with Crippen LogP contribution in [0.4, 0.5) is 5.69 Å². The second kappa shape index (κ2) is 8.94. The minimum atomic E-state index is -0.598. The predicted octanol–water partition coefficient (Wildman–Crippen LogP) is 3.85. The molecule has 0 heterocycles. The molecule has 1 N–H and O–H groups in total. The molecule has 2 aromatic carbocycles. The molecule has 128 valence electrons. The van der Waals surface area contributed by atoms with E-state index in [4.69, 9.17) is 4.74 Å². The van der Waals surface area contributed by atoms with Gasteiger partial charge in [0.2, 0.25) is 5.91 Å². The number of hydrogen-bond acceptors (Lipinski definition) is 4. The van der Waals surface area contributed by atoms with E-state index in [2.05, 4.69) is 21.2 Å². The molecular formula is C19H16BrNO4. The number of rotatable bonds is 6. The number of carbonyl (C=O) groups excluding carboxylic acids is 3. The molecule has 0 fully saturated rings. The molecule has 1 amide bonds. The van der Waals surface area contributed by atoms with Crippen molar-refractivity contribution in [2.24, 2.45) is 0 Å². The summed E-state index contributed by atoms with van der Waals surface area (Å²) in [5.74, 6) is -1.11. The Balaban J connectivity index is 1.88. The zero-order chi connectivity index (χ0) is 18.2. The number of hydrogen-bond donors (Lipinski definition) is 1. The van der Waals surface area contributed by atoms with Gasteiger partial charge < -0.3 is 10.1 Å². The fourth-order valence-electron chi connectivity index (χ4n) is 1.98. The van der Waals surface area contributed by atoms with Gasteiger partial charge in [-0.1, -0.05) is 34.1 Å². The molecule has 0 aliphatic carbocycles. The lowest BCUT2D eigenvalue weighted by atomic mass is 10.1. The lowest BCUT2D eigenvalue weighted by Gasteiger charge is -2.04. The van der Waals surface area contributed by atoms with Gasteiger partial charge in [0.05, 0.1) is 0 Å². The topological polar surface area (TPSA) is 72.5 Å². The Hall–Kier alpha value is -2.73. The van der Waals surface area contributed by atoms with Crippen molar-refractivity contribution >= 4 is 45.4 Å². The first-order valence-electron chi connectivity index (χ1n) is 7.46. The van der Waals surface area contributed by atoms with Crippen LogP contribution in [0.2, 0.25) is 0 Å². The van der Waals surface area contributed by atoms with Gasteiger partial charge in [-0.05, 0) is 42.0 Å². The largest absolute Gasteiger partial charge is 0.454 e. The van der Waals surface area contributed by atoms with Crippen molar-refractivity contribution in [1.29, 1.82) is 0 Å². The van der Waals surface area contributed by atoms with E-state index in [-0.39, 0.29) is 18.3 Å². The number of esters is 1. The summed E-state index contributed by atoms with van der Waals surface area (Å²) in [4.78, 5) is 34.7. The van der Waals surface area contributed by atoms with Crippen LogP contribution in [0.3, 0.4) is 0 Å². The average Bonchev–Trinajstić information content (AvgIpc) is 2.59. The molecule has 0 aliphatic heterocycles. The first-order valence-corrected chi connectivity index (χ1v) is 8.25. The average molecular weight is 402 g/mol. The standard InChI is InChI=1S/C19H16BrNO4/c1-13(22)21-16-9-6-15(7-10-16)18(23)12-25-19(24)11-8-14-4-2-3-5-17(14)20/h2-11H,12H2,1H3,(H,21,22)/b11-8+. The van der Waals surface area contributed by atoms with Crippen molar-refractivity contribution in [1.82, 2.24) is 0 Å². The zero-order valence-electron chi connectivity index (χ0n) is 13.5. The molecule has 0 atom stereocenters. The second-order valence-electron chi connectivity index (χ2n) is 5.14. The molecule has 5 nitrogen and oxygen atoms in total. The number of carbonyl (C=O) groups is 3. The van der Waals surface area contributed by atoms with Crippen LogP contribution in [0.1, 0.15) is 22.8 Å². The highest BCUT2D eigenvalue weighted by Crippen LogP contribution is 2.17. The Morgan fingerprint density at radius 1 is 1.08 bits per heavy atom. The van der Waals surface area contributed by atoms with Crippen molar-refractivity contribution in [3.8, 4) is 0 Å². The van der Waals surface area contributed by atoms with Gasteiger partial charge in [0.25, 0.3) is 0 Å². The summed E-state index contributed by atoms with van der Waals surface area (Å²) in [6, 6.07) is 13.8. The molecule has 0 unspecified atom stereocenters. The van der Waals surface area contributed by atoms with Crippen molar-refractivity contribution in [2.45, 2.75) is 6.92 Å². The molecule has 0 bridgehead atoms. The van der Waals surface area contributed by atoms with Gasteiger partial charge in [-0.2, -0.15) is 0 Å². The number of amides is 1. The molecule has 2 rings (SSSR count). The van der Waals surface area contributed by atoms with Crippen LogP contribution in [-0.2, 0) is 14.3 Å². The van der Waals surface area contributed by atoms with Gasteiger partial charge in [-0.3, -0.25) is 9.59 Å². The van der Waals surface area contributed by atoms with Gasteiger partial charge in [-0.25, -0.2) is 4.79 Å². The second-order valence-corrected chi connectivity index (χ2v) is 6.00. The van der Waals surface area contributed by atoms with E-state index >= 15 is 0 Å². The molecule has 0 saturated carbocycles. The van der Waals surface area contributed by atoms with E-state index in [9.17, 15) is 14.4 Å².